The summed E-state index contributed by atoms with van der Waals surface area (Å²) in [6, 6.07) is 25.7. The zero-order valence-electron chi connectivity index (χ0n) is 24.9. The van der Waals surface area contributed by atoms with Crippen LogP contribution in [0.3, 0.4) is 0 Å². The first kappa shape index (κ1) is 29.8. The fourth-order valence-corrected chi connectivity index (χ4v) is 7.48. The Morgan fingerprint density at radius 2 is 1.43 bits per heavy atom. The number of aryl methyl sites for hydroxylation is 1. The number of dihydropyridines is 1. The minimum Gasteiger partial charge on any atom is -0.466 e. The number of ether oxygens (including phenoxy) is 2. The fraction of sp³-hybridized carbons (Fsp3) is 0.371. The van der Waals surface area contributed by atoms with Crippen LogP contribution in [0.4, 0.5) is 0 Å². The summed E-state index contributed by atoms with van der Waals surface area (Å²) < 4.78 is 11.0. The summed E-state index contributed by atoms with van der Waals surface area (Å²) in [7, 11) is 1.37. The van der Waals surface area contributed by atoms with Gasteiger partial charge in [-0.15, -0.1) is 11.3 Å². The van der Waals surface area contributed by atoms with E-state index in [1.807, 2.05) is 32.9 Å². The molecule has 1 fully saturated rings. The van der Waals surface area contributed by atoms with Crippen molar-refractivity contribution in [3.05, 3.63) is 116 Å². The molecule has 6 nitrogen and oxygen atoms in total. The molecule has 0 saturated carbocycles. The Morgan fingerprint density at radius 1 is 0.857 bits per heavy atom. The number of esters is 2. The van der Waals surface area contributed by atoms with Crippen molar-refractivity contribution >= 4 is 23.3 Å². The number of nitrogens with one attached hydrogen (secondary N) is 1. The van der Waals surface area contributed by atoms with E-state index in [2.05, 4.69) is 70.9 Å². The van der Waals surface area contributed by atoms with Crippen LogP contribution in [0.15, 0.2) is 95.3 Å². The first-order valence-electron chi connectivity index (χ1n) is 14.7. The summed E-state index contributed by atoms with van der Waals surface area (Å²) in [5.74, 6) is -1.35. The van der Waals surface area contributed by atoms with E-state index in [9.17, 15) is 9.59 Å². The van der Waals surface area contributed by atoms with Crippen molar-refractivity contribution in [2.75, 3.05) is 33.4 Å². The summed E-state index contributed by atoms with van der Waals surface area (Å²) >= 11 is 1.58. The molecule has 1 N–H and O–H groups in total. The lowest BCUT2D eigenvalue weighted by Gasteiger charge is -2.43. The SMILES string of the molecule is COC(=O)C1=C(C)NC(C)=C(C(=O)OCCCN2CCC(c3ccccc3)(c3ccccc3)CC2)C1c1ccc(C)s1. The lowest BCUT2D eigenvalue weighted by atomic mass is 9.68. The van der Waals surface area contributed by atoms with Crippen LogP contribution in [0.2, 0.25) is 0 Å². The van der Waals surface area contributed by atoms with Gasteiger partial charge in [-0.3, -0.25) is 0 Å². The van der Waals surface area contributed by atoms with Gasteiger partial charge in [0.1, 0.15) is 0 Å². The van der Waals surface area contributed by atoms with E-state index in [0.717, 1.165) is 48.7 Å². The third-order valence-corrected chi connectivity index (χ3v) is 9.71. The molecule has 0 aliphatic carbocycles. The van der Waals surface area contributed by atoms with E-state index < -0.39 is 17.9 Å². The smallest absolute Gasteiger partial charge is 0.336 e. The molecule has 1 unspecified atom stereocenters. The zero-order chi connectivity index (χ0) is 29.7. The Kier molecular flexibility index (Phi) is 9.29. The molecule has 1 saturated heterocycles. The summed E-state index contributed by atoms with van der Waals surface area (Å²) in [5.41, 5.74) is 5.08. The van der Waals surface area contributed by atoms with Crippen molar-refractivity contribution in [1.29, 1.82) is 0 Å². The number of likely N-dealkylation sites (tertiary alicyclic amines) is 1. The molecule has 5 rings (SSSR count). The van der Waals surface area contributed by atoms with Crippen LogP contribution in [0.25, 0.3) is 0 Å². The number of methoxy groups -OCH3 is 1. The minimum absolute atomic E-state index is 0.0155. The average Bonchev–Trinajstić information content (AvgIpc) is 3.45. The number of piperidine rings is 1. The quantitative estimate of drug-likeness (QED) is 0.229. The van der Waals surface area contributed by atoms with Crippen LogP contribution in [0, 0.1) is 6.92 Å². The molecule has 3 heterocycles. The van der Waals surface area contributed by atoms with E-state index in [0.29, 0.717) is 29.1 Å². The molecule has 7 heteroatoms. The van der Waals surface area contributed by atoms with Gasteiger partial charge in [-0.05, 0) is 76.4 Å². The van der Waals surface area contributed by atoms with Crippen molar-refractivity contribution in [2.45, 2.75) is 51.4 Å². The first-order valence-corrected chi connectivity index (χ1v) is 15.5. The highest BCUT2D eigenvalue weighted by Gasteiger charge is 2.39. The Balaban J connectivity index is 1.21. The predicted molar refractivity (Wildman–Crippen MR) is 167 cm³/mol. The monoisotopic (exact) mass is 584 g/mol. The van der Waals surface area contributed by atoms with Crippen molar-refractivity contribution in [2.24, 2.45) is 0 Å². The predicted octanol–water partition coefficient (Wildman–Crippen LogP) is 6.48. The number of hydrogen-bond acceptors (Lipinski definition) is 7. The molecule has 220 valence electrons. The van der Waals surface area contributed by atoms with Crippen molar-refractivity contribution in [1.82, 2.24) is 10.2 Å². The largest absolute Gasteiger partial charge is 0.466 e. The van der Waals surface area contributed by atoms with Crippen LogP contribution < -0.4 is 5.32 Å². The Morgan fingerprint density at radius 3 is 1.95 bits per heavy atom. The second-order valence-electron chi connectivity index (χ2n) is 11.2. The van der Waals surface area contributed by atoms with Gasteiger partial charge in [-0.1, -0.05) is 60.7 Å². The maximum absolute atomic E-state index is 13.5. The fourth-order valence-electron chi connectivity index (χ4n) is 6.49. The number of hydrogen-bond donors (Lipinski definition) is 1. The number of carbonyl (C=O) groups excluding carboxylic acids is 2. The Labute approximate surface area is 253 Å². The maximum atomic E-state index is 13.5. The van der Waals surface area contributed by atoms with Crippen LogP contribution in [0.5, 0.6) is 0 Å². The molecular weight excluding hydrogens is 544 g/mol. The number of thiophene rings is 1. The van der Waals surface area contributed by atoms with E-state index in [4.69, 9.17) is 9.47 Å². The van der Waals surface area contributed by atoms with E-state index >= 15 is 0 Å². The molecule has 1 atom stereocenters. The molecule has 0 radical (unpaired) electrons. The molecule has 0 bridgehead atoms. The van der Waals surface area contributed by atoms with Crippen molar-refractivity contribution in [3.8, 4) is 0 Å². The van der Waals surface area contributed by atoms with Crippen LogP contribution >= 0.6 is 11.3 Å². The number of rotatable bonds is 9. The van der Waals surface area contributed by atoms with E-state index in [1.165, 1.54) is 18.2 Å². The highest BCUT2D eigenvalue weighted by molar-refractivity contribution is 7.12. The zero-order valence-corrected chi connectivity index (χ0v) is 25.8. The second kappa shape index (κ2) is 13.1. The third kappa shape index (κ3) is 6.08. The Bertz CT molecular complexity index is 1430. The number of nitrogens with zero attached hydrogens (tertiary/aromatic N) is 1. The first-order chi connectivity index (χ1) is 20.3. The van der Waals surface area contributed by atoms with E-state index in [-0.39, 0.29) is 5.41 Å². The highest BCUT2D eigenvalue weighted by atomic mass is 32.1. The molecule has 2 aliphatic heterocycles. The van der Waals surface area contributed by atoms with Crippen LogP contribution in [-0.4, -0.2) is 50.2 Å². The van der Waals surface area contributed by atoms with Crippen LogP contribution in [0.1, 0.15) is 59.9 Å². The molecule has 2 aliphatic rings. The average molecular weight is 585 g/mol. The van der Waals surface area contributed by atoms with Gasteiger partial charge in [-0.25, -0.2) is 9.59 Å². The topological polar surface area (TPSA) is 67.9 Å². The molecule has 3 aromatic rings. The maximum Gasteiger partial charge on any atom is 0.336 e. The van der Waals surface area contributed by atoms with Crippen LogP contribution in [-0.2, 0) is 24.5 Å². The standard InChI is InChI=1S/C35H40N2O4S/c1-24-16-17-29(42-24)32-30(33(38)40-4)25(2)36-26(3)31(32)34(39)41-23-11-20-37-21-18-35(19-22-37,27-12-7-5-8-13-27)28-14-9-6-10-15-28/h5-10,12-17,32,36H,11,18-23H2,1-4H3. The van der Waals surface area contributed by atoms with Gasteiger partial charge >= 0.3 is 11.9 Å². The van der Waals surface area contributed by atoms with Gasteiger partial charge in [0, 0.05) is 33.1 Å². The lowest BCUT2D eigenvalue weighted by Crippen LogP contribution is -2.43. The third-order valence-electron chi connectivity index (χ3n) is 8.65. The lowest BCUT2D eigenvalue weighted by molar-refractivity contribution is -0.139. The molecule has 0 amide bonds. The van der Waals surface area contributed by atoms with Gasteiger partial charge < -0.3 is 19.7 Å². The molecule has 1 aromatic heterocycles. The molecule has 42 heavy (non-hydrogen) atoms. The molecule has 0 spiro atoms. The number of allylic oxidation sites excluding steroid dienone is 2. The summed E-state index contributed by atoms with van der Waals surface area (Å²) in [6.45, 7) is 8.87. The highest BCUT2D eigenvalue weighted by Crippen LogP contribution is 2.43. The summed E-state index contributed by atoms with van der Waals surface area (Å²) in [5, 5.41) is 3.21. The van der Waals surface area contributed by atoms with Gasteiger partial charge in [0.05, 0.1) is 30.8 Å². The molecular formula is C35H40N2O4S. The minimum atomic E-state index is -0.518. The second-order valence-corrected chi connectivity index (χ2v) is 12.5. The van der Waals surface area contributed by atoms with Crippen molar-refractivity contribution < 1.29 is 19.1 Å². The van der Waals surface area contributed by atoms with Gasteiger partial charge in [0.2, 0.25) is 0 Å². The van der Waals surface area contributed by atoms with Gasteiger partial charge in [0.15, 0.2) is 0 Å². The Hall–Kier alpha value is -3.68. The van der Waals surface area contributed by atoms with E-state index in [1.54, 1.807) is 11.3 Å². The normalized spacial score (nSPS) is 18.9. The summed E-state index contributed by atoms with van der Waals surface area (Å²) in [6.07, 6.45) is 2.83. The van der Waals surface area contributed by atoms with Gasteiger partial charge in [0.25, 0.3) is 0 Å². The van der Waals surface area contributed by atoms with Crippen molar-refractivity contribution in [3.63, 3.8) is 0 Å². The summed E-state index contributed by atoms with van der Waals surface area (Å²) in [4.78, 5) is 30.8. The molecule has 2 aromatic carbocycles. The van der Waals surface area contributed by atoms with Gasteiger partial charge in [-0.2, -0.15) is 0 Å². The number of benzene rings is 2. The number of carbonyl (C=O) groups is 2.